The zero-order valence-corrected chi connectivity index (χ0v) is 24.0. The number of carbonyl (C=O) groups excluding carboxylic acids is 2. The minimum atomic E-state index is -0.213. The molecule has 0 bridgehead atoms. The number of pyridine rings is 1. The van der Waals surface area contributed by atoms with Gasteiger partial charge in [0.25, 0.3) is 11.8 Å². The zero-order valence-electron chi connectivity index (χ0n) is 23.2. The number of amides is 2. The van der Waals surface area contributed by atoms with E-state index in [0.29, 0.717) is 29.0 Å². The minimum absolute atomic E-state index is 0.00460. The Labute approximate surface area is 238 Å². The summed E-state index contributed by atoms with van der Waals surface area (Å²) in [5.41, 5.74) is 3.02. The number of nitrogens with zero attached hydrogens (tertiary/aromatic N) is 3. The molecular weight excluding hydrogens is 523 g/mol. The highest BCUT2D eigenvalue weighted by Gasteiger charge is 2.30. The van der Waals surface area contributed by atoms with Gasteiger partial charge in [-0.15, -0.1) is 11.3 Å². The molecule has 3 heterocycles. The van der Waals surface area contributed by atoms with Gasteiger partial charge in [0, 0.05) is 72.2 Å². The number of nitrogens with one attached hydrogen (secondary N) is 1. The average molecular weight is 559 g/mol. The summed E-state index contributed by atoms with van der Waals surface area (Å²) in [6.45, 7) is 6.05. The molecule has 1 atom stereocenters. The molecule has 4 aromatic rings. The van der Waals surface area contributed by atoms with E-state index in [9.17, 15) is 14.0 Å². The average Bonchev–Trinajstić information content (AvgIpc) is 3.34. The Morgan fingerprint density at radius 1 is 1.07 bits per heavy atom. The van der Waals surface area contributed by atoms with E-state index in [0.717, 1.165) is 47.4 Å². The molecular formula is C32H35FN4O2S. The Hall–Kier alpha value is -3.62. The van der Waals surface area contributed by atoms with Gasteiger partial charge in [-0.2, -0.15) is 0 Å². The Bertz CT molecular complexity index is 1510. The molecule has 1 unspecified atom stereocenters. The Morgan fingerprint density at radius 3 is 2.55 bits per heavy atom. The van der Waals surface area contributed by atoms with Crippen molar-refractivity contribution < 1.29 is 14.0 Å². The number of aromatic nitrogens is 1. The van der Waals surface area contributed by atoms with Gasteiger partial charge in [0.05, 0.1) is 5.56 Å². The molecule has 208 valence electrons. The summed E-state index contributed by atoms with van der Waals surface area (Å²) in [6, 6.07) is 20.4. The lowest BCUT2D eigenvalue weighted by atomic mass is 10.0. The van der Waals surface area contributed by atoms with E-state index >= 15 is 0 Å². The van der Waals surface area contributed by atoms with Gasteiger partial charge in [-0.1, -0.05) is 42.5 Å². The smallest absolute Gasteiger partial charge is 0.264 e. The second-order valence-corrected chi connectivity index (χ2v) is 11.7. The number of thiophene rings is 1. The van der Waals surface area contributed by atoms with Crippen molar-refractivity contribution in [2.24, 2.45) is 0 Å². The zero-order chi connectivity index (χ0) is 28.2. The van der Waals surface area contributed by atoms with E-state index in [4.69, 9.17) is 0 Å². The first-order chi connectivity index (χ1) is 19.3. The minimum Gasteiger partial charge on any atom is -0.349 e. The molecule has 40 heavy (non-hydrogen) atoms. The van der Waals surface area contributed by atoms with Crippen LogP contribution in [0.5, 0.6) is 0 Å². The van der Waals surface area contributed by atoms with Crippen molar-refractivity contribution in [2.45, 2.75) is 51.7 Å². The molecule has 8 heteroatoms. The first-order valence-corrected chi connectivity index (χ1v) is 14.6. The number of halogens is 1. The third-order valence-corrected chi connectivity index (χ3v) is 8.88. The van der Waals surface area contributed by atoms with Gasteiger partial charge < -0.3 is 10.2 Å². The number of aryl methyl sites for hydroxylation is 1. The van der Waals surface area contributed by atoms with Gasteiger partial charge in [0.1, 0.15) is 10.7 Å². The molecule has 0 spiro atoms. The number of likely N-dealkylation sites (tertiary alicyclic amines) is 1. The van der Waals surface area contributed by atoms with Crippen LogP contribution in [0.4, 0.5) is 4.39 Å². The van der Waals surface area contributed by atoms with Gasteiger partial charge >= 0.3 is 0 Å². The van der Waals surface area contributed by atoms with Crippen LogP contribution in [0, 0.1) is 12.7 Å². The summed E-state index contributed by atoms with van der Waals surface area (Å²) in [5, 5.41) is 4.00. The normalized spacial score (nSPS) is 15.2. The molecule has 1 N–H and O–H groups in total. The molecule has 0 aliphatic carbocycles. The van der Waals surface area contributed by atoms with E-state index in [-0.39, 0.29) is 29.7 Å². The Kier molecular flexibility index (Phi) is 8.57. The summed E-state index contributed by atoms with van der Waals surface area (Å²) in [6.07, 6.45) is 2.17. The topological polar surface area (TPSA) is 65.5 Å². The van der Waals surface area contributed by atoms with Crippen molar-refractivity contribution >= 4 is 33.2 Å². The van der Waals surface area contributed by atoms with Crippen molar-refractivity contribution in [3.8, 4) is 0 Å². The highest BCUT2D eigenvalue weighted by Crippen LogP contribution is 2.33. The first-order valence-electron chi connectivity index (χ1n) is 13.8. The van der Waals surface area contributed by atoms with Gasteiger partial charge in [-0.25, -0.2) is 4.39 Å². The van der Waals surface area contributed by atoms with Crippen molar-refractivity contribution in [1.82, 2.24) is 20.1 Å². The van der Waals surface area contributed by atoms with Gasteiger partial charge in [-0.3, -0.25) is 19.5 Å². The molecule has 0 saturated carbocycles. The maximum atomic E-state index is 14.1. The second-order valence-electron chi connectivity index (χ2n) is 10.7. The summed E-state index contributed by atoms with van der Waals surface area (Å²) < 4.78 is 15.0. The number of fused-ring (bicyclic) bond motifs is 1. The van der Waals surface area contributed by atoms with E-state index < -0.39 is 0 Å². The molecule has 2 aromatic heterocycles. The van der Waals surface area contributed by atoms with Crippen molar-refractivity contribution in [2.75, 3.05) is 20.1 Å². The van der Waals surface area contributed by atoms with Crippen molar-refractivity contribution in [3.63, 3.8) is 0 Å². The van der Waals surface area contributed by atoms with Gasteiger partial charge in [0.15, 0.2) is 0 Å². The van der Waals surface area contributed by atoms with E-state index in [1.807, 2.05) is 68.4 Å². The van der Waals surface area contributed by atoms with E-state index in [1.54, 1.807) is 18.0 Å². The lowest BCUT2D eigenvalue weighted by Crippen LogP contribution is -2.45. The second kappa shape index (κ2) is 12.3. The number of likely N-dealkylation sites (N-methyl/N-ethyl adjacent to an activating group) is 1. The number of hydrogen-bond donors (Lipinski definition) is 1. The van der Waals surface area contributed by atoms with Gasteiger partial charge in [-0.05, 0) is 51.0 Å². The number of carbonyl (C=O) groups is 2. The molecule has 1 aliphatic rings. The molecule has 2 aromatic carbocycles. The number of benzene rings is 2. The Balaban J connectivity index is 1.28. The van der Waals surface area contributed by atoms with Crippen LogP contribution >= 0.6 is 11.3 Å². The van der Waals surface area contributed by atoms with Crippen LogP contribution in [0.15, 0.2) is 66.7 Å². The highest BCUT2D eigenvalue weighted by atomic mass is 32.1. The predicted molar refractivity (Wildman–Crippen MR) is 158 cm³/mol. The lowest BCUT2D eigenvalue weighted by molar-refractivity contribution is 0.0740. The van der Waals surface area contributed by atoms with Crippen LogP contribution in [0.25, 0.3) is 10.1 Å². The maximum absolute atomic E-state index is 14.1. The number of hydrogen-bond acceptors (Lipinski definition) is 5. The third-order valence-electron chi connectivity index (χ3n) is 7.72. The van der Waals surface area contributed by atoms with Crippen LogP contribution in [-0.2, 0) is 13.0 Å². The molecule has 5 rings (SSSR count). The van der Waals surface area contributed by atoms with Crippen LogP contribution in [0.3, 0.4) is 0 Å². The third kappa shape index (κ3) is 6.24. The molecule has 2 amide bonds. The van der Waals surface area contributed by atoms with E-state index in [1.165, 1.54) is 17.4 Å². The fraction of sp³-hybridized carbons (Fsp3) is 0.344. The number of rotatable bonds is 8. The first kappa shape index (κ1) is 27.9. The standard InChI is InChI=1S/C32H35FN4O2S/c1-21-9-8-11-25(34-21)19-22(2)36(3)32(39)30-29(26-12-5-7-14-28(26)40-30)31(38)35-24-15-17-37(18-16-24)20-23-10-4-6-13-27(23)33/h4-14,22,24H,15-20H2,1-3H3,(H,35,38). The lowest BCUT2D eigenvalue weighted by Gasteiger charge is -2.32. The van der Waals surface area contributed by atoms with Crippen LogP contribution in [0.2, 0.25) is 0 Å². The monoisotopic (exact) mass is 558 g/mol. The van der Waals surface area contributed by atoms with E-state index in [2.05, 4.69) is 15.2 Å². The maximum Gasteiger partial charge on any atom is 0.264 e. The fourth-order valence-corrected chi connectivity index (χ4v) is 6.48. The molecule has 0 radical (unpaired) electrons. The SMILES string of the molecule is Cc1cccc(CC(C)N(C)C(=O)c2sc3ccccc3c2C(=O)NC2CCN(Cc3ccccc3F)CC2)n1. The Morgan fingerprint density at radius 2 is 1.80 bits per heavy atom. The molecule has 1 saturated heterocycles. The van der Waals surface area contributed by atoms with Crippen LogP contribution < -0.4 is 5.32 Å². The highest BCUT2D eigenvalue weighted by molar-refractivity contribution is 7.21. The fourth-order valence-electron chi connectivity index (χ4n) is 5.30. The van der Waals surface area contributed by atoms with Crippen LogP contribution in [-0.4, -0.2) is 58.8 Å². The largest absolute Gasteiger partial charge is 0.349 e. The van der Waals surface area contributed by atoms with Gasteiger partial charge in [0.2, 0.25) is 0 Å². The summed E-state index contributed by atoms with van der Waals surface area (Å²) in [5.74, 6) is -0.560. The quantitative estimate of drug-likeness (QED) is 0.295. The summed E-state index contributed by atoms with van der Waals surface area (Å²) in [7, 11) is 1.79. The number of piperidine rings is 1. The summed E-state index contributed by atoms with van der Waals surface area (Å²) in [4.78, 5) is 36.5. The van der Waals surface area contributed by atoms with Crippen molar-refractivity contribution in [1.29, 1.82) is 0 Å². The molecule has 1 fully saturated rings. The molecule has 6 nitrogen and oxygen atoms in total. The summed E-state index contributed by atoms with van der Waals surface area (Å²) >= 11 is 1.37. The molecule has 1 aliphatic heterocycles. The predicted octanol–water partition coefficient (Wildman–Crippen LogP) is 5.84. The van der Waals surface area contributed by atoms with Crippen LogP contribution in [0.1, 0.15) is 56.7 Å². The van der Waals surface area contributed by atoms with Crippen molar-refractivity contribution in [3.05, 3.63) is 99.9 Å².